The van der Waals surface area contributed by atoms with Crippen LogP contribution in [-0.4, -0.2) is 22.1 Å². The van der Waals surface area contributed by atoms with E-state index in [-0.39, 0.29) is 18.5 Å². The van der Waals surface area contributed by atoms with E-state index in [1.807, 2.05) is 24.3 Å². The van der Waals surface area contributed by atoms with Crippen LogP contribution < -0.4 is 10.6 Å². The van der Waals surface area contributed by atoms with E-state index in [4.69, 9.17) is 0 Å². The number of hydrogen-bond donors (Lipinski definition) is 2. The molecule has 1 unspecified atom stereocenters. The lowest BCUT2D eigenvalue weighted by molar-refractivity contribution is -0.121. The van der Waals surface area contributed by atoms with Gasteiger partial charge >= 0.3 is 0 Å². The van der Waals surface area contributed by atoms with Crippen molar-refractivity contribution in [2.45, 2.75) is 19.0 Å². The average molecular weight is 244 g/mol. The molecule has 1 aliphatic rings. The third-order valence-electron chi connectivity index (χ3n) is 2.92. The summed E-state index contributed by atoms with van der Waals surface area (Å²) in [5.41, 5.74) is 2.19. The second kappa shape index (κ2) is 4.48. The van der Waals surface area contributed by atoms with Crippen LogP contribution in [0.4, 0.5) is 5.69 Å². The summed E-state index contributed by atoms with van der Waals surface area (Å²) in [6.45, 7) is 0.282. The molecule has 1 aromatic carbocycles. The van der Waals surface area contributed by atoms with Gasteiger partial charge in [-0.1, -0.05) is 23.4 Å². The second-order valence-corrected chi connectivity index (χ2v) is 4.12. The third kappa shape index (κ3) is 2.04. The first-order valence-corrected chi connectivity index (χ1v) is 5.70. The summed E-state index contributed by atoms with van der Waals surface area (Å²) in [4.78, 5) is 15.8. The summed E-state index contributed by atoms with van der Waals surface area (Å²) in [5, 5.41) is 9.60. The Morgan fingerprint density at radius 3 is 3.17 bits per heavy atom. The molecule has 6 heteroatoms. The fourth-order valence-corrected chi connectivity index (χ4v) is 2.02. The van der Waals surface area contributed by atoms with Crippen LogP contribution >= 0.6 is 0 Å². The number of anilines is 1. The monoisotopic (exact) mass is 244 g/mol. The molecule has 18 heavy (non-hydrogen) atoms. The van der Waals surface area contributed by atoms with Crippen LogP contribution in [-0.2, 0) is 17.8 Å². The van der Waals surface area contributed by atoms with E-state index in [0.717, 1.165) is 11.3 Å². The number of carbonyl (C=O) groups excluding carboxylic acids is 1. The van der Waals surface area contributed by atoms with Gasteiger partial charge in [0.2, 0.25) is 12.3 Å². The van der Waals surface area contributed by atoms with Crippen molar-refractivity contribution in [1.29, 1.82) is 0 Å². The predicted molar refractivity (Wildman–Crippen MR) is 63.7 cm³/mol. The summed E-state index contributed by atoms with van der Waals surface area (Å²) in [6.07, 6.45) is 1.94. The summed E-state index contributed by atoms with van der Waals surface area (Å²) in [7, 11) is 0. The molecule has 6 nitrogen and oxygen atoms in total. The van der Waals surface area contributed by atoms with Crippen LogP contribution in [0.5, 0.6) is 0 Å². The first kappa shape index (κ1) is 10.8. The highest BCUT2D eigenvalue weighted by Gasteiger charge is 2.26. The van der Waals surface area contributed by atoms with Crippen molar-refractivity contribution in [3.05, 3.63) is 42.0 Å². The molecule has 0 aliphatic carbocycles. The van der Waals surface area contributed by atoms with Crippen LogP contribution in [0.25, 0.3) is 0 Å². The van der Waals surface area contributed by atoms with Gasteiger partial charge in [-0.05, 0) is 11.6 Å². The van der Waals surface area contributed by atoms with Gasteiger partial charge in [-0.3, -0.25) is 4.79 Å². The Hall–Kier alpha value is -2.37. The highest BCUT2D eigenvalue weighted by molar-refractivity contribution is 5.87. The van der Waals surface area contributed by atoms with E-state index >= 15 is 0 Å². The maximum absolute atomic E-state index is 11.9. The molecule has 1 atom stereocenters. The van der Waals surface area contributed by atoms with Crippen molar-refractivity contribution in [3.63, 3.8) is 0 Å². The summed E-state index contributed by atoms with van der Waals surface area (Å²) in [5.74, 6) is 0.412. The lowest BCUT2D eigenvalue weighted by Gasteiger charge is -2.10. The molecule has 1 aromatic heterocycles. The van der Waals surface area contributed by atoms with E-state index in [0.29, 0.717) is 12.2 Å². The molecule has 0 spiro atoms. The molecule has 0 saturated carbocycles. The van der Waals surface area contributed by atoms with Gasteiger partial charge in [0.25, 0.3) is 0 Å². The first-order valence-electron chi connectivity index (χ1n) is 5.70. The van der Waals surface area contributed by atoms with E-state index < -0.39 is 0 Å². The molecular formula is C12H12N4O2. The van der Waals surface area contributed by atoms with Gasteiger partial charge in [0.05, 0.1) is 6.54 Å². The number of rotatable bonds is 3. The molecule has 1 aliphatic heterocycles. The van der Waals surface area contributed by atoms with Crippen molar-refractivity contribution in [3.8, 4) is 0 Å². The van der Waals surface area contributed by atoms with Crippen molar-refractivity contribution < 1.29 is 9.32 Å². The van der Waals surface area contributed by atoms with Gasteiger partial charge in [-0.2, -0.15) is 4.98 Å². The predicted octanol–water partition coefficient (Wildman–Crippen LogP) is 0.723. The molecule has 2 heterocycles. The maximum Gasteiger partial charge on any atom is 0.243 e. The van der Waals surface area contributed by atoms with Crippen molar-refractivity contribution in [2.75, 3.05) is 5.32 Å². The number of fused-ring (bicyclic) bond motifs is 1. The Kier molecular flexibility index (Phi) is 2.68. The molecule has 0 bridgehead atoms. The Morgan fingerprint density at radius 2 is 2.39 bits per heavy atom. The lowest BCUT2D eigenvalue weighted by atomic mass is 10.1. The van der Waals surface area contributed by atoms with E-state index in [1.54, 1.807) is 0 Å². The topological polar surface area (TPSA) is 80.1 Å². The Balaban J connectivity index is 1.59. The van der Waals surface area contributed by atoms with Gasteiger partial charge < -0.3 is 15.2 Å². The number of amides is 1. The van der Waals surface area contributed by atoms with Crippen molar-refractivity contribution in [2.24, 2.45) is 0 Å². The molecule has 0 radical (unpaired) electrons. The number of nitrogens with one attached hydrogen (secondary N) is 2. The zero-order valence-corrected chi connectivity index (χ0v) is 9.59. The van der Waals surface area contributed by atoms with Crippen molar-refractivity contribution in [1.82, 2.24) is 15.5 Å². The number of benzene rings is 1. The van der Waals surface area contributed by atoms with Gasteiger partial charge in [0, 0.05) is 12.1 Å². The van der Waals surface area contributed by atoms with Gasteiger partial charge in [-0.25, -0.2) is 0 Å². The number of aromatic nitrogens is 2. The van der Waals surface area contributed by atoms with E-state index in [9.17, 15) is 4.79 Å². The third-order valence-corrected chi connectivity index (χ3v) is 2.92. The second-order valence-electron chi connectivity index (χ2n) is 4.12. The first-order chi connectivity index (χ1) is 8.83. The van der Waals surface area contributed by atoms with Gasteiger partial charge in [0.15, 0.2) is 5.82 Å². The van der Waals surface area contributed by atoms with Crippen LogP contribution in [0, 0.1) is 0 Å². The van der Waals surface area contributed by atoms with Crippen LogP contribution in [0.3, 0.4) is 0 Å². The summed E-state index contributed by atoms with van der Waals surface area (Å²) in [6, 6.07) is 7.69. The Bertz CT molecular complexity index is 528. The zero-order chi connectivity index (χ0) is 12.4. The zero-order valence-electron chi connectivity index (χ0n) is 9.59. The SMILES string of the molecule is O=C(NCc1ncon1)C1Cc2ccccc2N1. The molecule has 3 rings (SSSR count). The molecule has 92 valence electrons. The average Bonchev–Trinajstić information content (AvgIpc) is 3.04. The fraction of sp³-hybridized carbons (Fsp3) is 0.250. The number of carbonyl (C=O) groups is 1. The molecular weight excluding hydrogens is 232 g/mol. The highest BCUT2D eigenvalue weighted by atomic mass is 16.5. The van der Waals surface area contributed by atoms with Crippen LogP contribution in [0.1, 0.15) is 11.4 Å². The molecule has 2 N–H and O–H groups in total. The normalized spacial score (nSPS) is 17.0. The highest BCUT2D eigenvalue weighted by Crippen LogP contribution is 2.24. The van der Waals surface area contributed by atoms with Gasteiger partial charge in [-0.15, -0.1) is 0 Å². The lowest BCUT2D eigenvalue weighted by Crippen LogP contribution is -2.38. The minimum absolute atomic E-state index is 0.0593. The van der Waals surface area contributed by atoms with Gasteiger partial charge in [0.1, 0.15) is 6.04 Å². The molecule has 2 aromatic rings. The largest absolute Gasteiger partial charge is 0.373 e. The maximum atomic E-state index is 11.9. The molecule has 0 saturated heterocycles. The van der Waals surface area contributed by atoms with E-state index in [1.165, 1.54) is 6.39 Å². The number of para-hydroxylation sites is 1. The quantitative estimate of drug-likeness (QED) is 0.831. The minimum Gasteiger partial charge on any atom is -0.373 e. The smallest absolute Gasteiger partial charge is 0.243 e. The Labute approximate surface area is 103 Å². The minimum atomic E-state index is -0.227. The summed E-state index contributed by atoms with van der Waals surface area (Å²) < 4.78 is 4.59. The standard InChI is InChI=1S/C12H12N4O2/c17-12(13-6-11-14-7-18-16-11)10-5-8-3-1-2-4-9(8)15-10/h1-4,7,10,15H,5-6H2,(H,13,17). The Morgan fingerprint density at radius 1 is 1.50 bits per heavy atom. The van der Waals surface area contributed by atoms with Crippen molar-refractivity contribution >= 4 is 11.6 Å². The number of nitrogens with zero attached hydrogens (tertiary/aromatic N) is 2. The number of hydrogen-bond acceptors (Lipinski definition) is 5. The van der Waals surface area contributed by atoms with Crippen LogP contribution in [0.2, 0.25) is 0 Å². The fourth-order valence-electron chi connectivity index (χ4n) is 2.02. The van der Waals surface area contributed by atoms with E-state index in [2.05, 4.69) is 25.3 Å². The molecule has 1 amide bonds. The summed E-state index contributed by atoms with van der Waals surface area (Å²) >= 11 is 0. The molecule has 0 fully saturated rings. The van der Waals surface area contributed by atoms with Crippen LogP contribution in [0.15, 0.2) is 35.2 Å².